The van der Waals surface area contributed by atoms with Gasteiger partial charge in [0.15, 0.2) is 6.10 Å². The average molecular weight is 274 g/mol. The highest BCUT2D eigenvalue weighted by molar-refractivity contribution is 5.79. The minimum absolute atomic E-state index is 0.180. The molecule has 0 amide bonds. The monoisotopic (exact) mass is 274 g/mol. The molecule has 5 nitrogen and oxygen atoms in total. The van der Waals surface area contributed by atoms with Gasteiger partial charge in [0.2, 0.25) is 0 Å². The van der Waals surface area contributed by atoms with E-state index in [1.807, 2.05) is 6.92 Å². The van der Waals surface area contributed by atoms with Crippen molar-refractivity contribution in [1.82, 2.24) is 0 Å². The van der Waals surface area contributed by atoms with Gasteiger partial charge in [-0.25, -0.2) is 9.59 Å². The van der Waals surface area contributed by atoms with Gasteiger partial charge in [0.1, 0.15) is 6.10 Å². The van der Waals surface area contributed by atoms with Gasteiger partial charge in [0.25, 0.3) is 0 Å². The molecule has 2 N–H and O–H groups in total. The van der Waals surface area contributed by atoms with Crippen LogP contribution >= 0.6 is 0 Å². The lowest BCUT2D eigenvalue weighted by Gasteiger charge is -2.18. The fourth-order valence-corrected chi connectivity index (χ4v) is 1.84. The highest BCUT2D eigenvalue weighted by Gasteiger charge is 2.26. The molecule has 112 valence electrons. The van der Waals surface area contributed by atoms with Crippen molar-refractivity contribution in [2.75, 3.05) is 0 Å². The summed E-state index contributed by atoms with van der Waals surface area (Å²) in [6, 6.07) is 0. The molecule has 0 saturated carbocycles. The van der Waals surface area contributed by atoms with E-state index in [1.54, 1.807) is 0 Å². The van der Waals surface area contributed by atoms with Crippen molar-refractivity contribution in [1.29, 1.82) is 0 Å². The lowest BCUT2D eigenvalue weighted by atomic mass is 9.96. The molecular weight excluding hydrogens is 248 g/mol. The maximum Gasteiger partial charge on any atom is 0.345 e. The van der Waals surface area contributed by atoms with E-state index >= 15 is 0 Å². The number of aliphatic carboxylic acids is 1. The SMILES string of the molecule is CCCCCCC(C)CC(OC(=O)C(C)O)C(=O)O. The van der Waals surface area contributed by atoms with E-state index < -0.39 is 24.1 Å². The fourth-order valence-electron chi connectivity index (χ4n) is 1.84. The van der Waals surface area contributed by atoms with Gasteiger partial charge in [-0.2, -0.15) is 0 Å². The molecule has 0 fully saturated rings. The number of esters is 1. The van der Waals surface area contributed by atoms with Gasteiger partial charge in [0, 0.05) is 0 Å². The second-order valence-corrected chi connectivity index (χ2v) is 5.13. The van der Waals surface area contributed by atoms with Gasteiger partial charge >= 0.3 is 11.9 Å². The number of ether oxygens (including phenoxy) is 1. The molecule has 0 aromatic heterocycles. The van der Waals surface area contributed by atoms with Crippen molar-refractivity contribution in [3.05, 3.63) is 0 Å². The van der Waals surface area contributed by atoms with Crippen LogP contribution in [0.5, 0.6) is 0 Å². The number of hydrogen-bond donors (Lipinski definition) is 2. The maximum atomic E-state index is 11.2. The standard InChI is InChI=1S/C14H26O5/c1-4-5-6-7-8-10(2)9-12(13(16)17)19-14(18)11(3)15/h10-12,15H,4-9H2,1-3H3,(H,16,17). The molecule has 0 aliphatic rings. The third-order valence-corrected chi connectivity index (χ3v) is 3.04. The Hall–Kier alpha value is -1.10. The van der Waals surface area contributed by atoms with E-state index in [4.69, 9.17) is 14.9 Å². The molecule has 0 aromatic carbocycles. The van der Waals surface area contributed by atoms with E-state index in [0.717, 1.165) is 25.7 Å². The summed E-state index contributed by atoms with van der Waals surface area (Å²) in [6.07, 6.45) is 3.32. The number of unbranched alkanes of at least 4 members (excludes halogenated alkanes) is 3. The molecule has 0 bridgehead atoms. The highest BCUT2D eigenvalue weighted by atomic mass is 16.6. The Kier molecular flexibility index (Phi) is 9.21. The highest BCUT2D eigenvalue weighted by Crippen LogP contribution is 2.17. The summed E-state index contributed by atoms with van der Waals surface area (Å²) in [4.78, 5) is 22.2. The molecule has 3 unspecified atom stereocenters. The van der Waals surface area contributed by atoms with Gasteiger partial charge in [-0.3, -0.25) is 0 Å². The summed E-state index contributed by atoms with van der Waals surface area (Å²) >= 11 is 0. The second kappa shape index (κ2) is 9.78. The normalized spacial score (nSPS) is 15.6. The van der Waals surface area contributed by atoms with E-state index in [0.29, 0.717) is 6.42 Å². The van der Waals surface area contributed by atoms with E-state index in [1.165, 1.54) is 13.3 Å². The minimum atomic E-state index is -1.29. The third kappa shape index (κ3) is 8.59. The number of rotatable bonds is 10. The van der Waals surface area contributed by atoms with Crippen LogP contribution in [-0.2, 0) is 14.3 Å². The smallest absolute Gasteiger partial charge is 0.345 e. The van der Waals surface area contributed by atoms with Crippen LogP contribution in [0.15, 0.2) is 0 Å². The van der Waals surface area contributed by atoms with Crippen molar-refractivity contribution in [2.24, 2.45) is 5.92 Å². The van der Waals surface area contributed by atoms with Gasteiger partial charge in [-0.1, -0.05) is 46.0 Å². The van der Waals surface area contributed by atoms with Crippen LogP contribution in [0.1, 0.15) is 59.3 Å². The van der Waals surface area contributed by atoms with Crippen molar-refractivity contribution < 1.29 is 24.5 Å². The first-order chi connectivity index (χ1) is 8.88. The van der Waals surface area contributed by atoms with Crippen LogP contribution in [-0.4, -0.2) is 34.4 Å². The molecule has 0 saturated heterocycles. The molecule has 0 rings (SSSR count). The van der Waals surface area contributed by atoms with Crippen molar-refractivity contribution in [3.8, 4) is 0 Å². The maximum absolute atomic E-state index is 11.2. The molecule has 0 aliphatic heterocycles. The predicted molar refractivity (Wildman–Crippen MR) is 71.7 cm³/mol. The second-order valence-electron chi connectivity index (χ2n) is 5.13. The summed E-state index contributed by atoms with van der Waals surface area (Å²) in [5.41, 5.74) is 0. The van der Waals surface area contributed by atoms with Crippen molar-refractivity contribution >= 4 is 11.9 Å². The van der Waals surface area contributed by atoms with Crippen LogP contribution in [0.3, 0.4) is 0 Å². The fraction of sp³-hybridized carbons (Fsp3) is 0.857. The van der Waals surface area contributed by atoms with E-state index in [2.05, 4.69) is 6.92 Å². The summed E-state index contributed by atoms with van der Waals surface area (Å²) in [5, 5.41) is 18.0. The third-order valence-electron chi connectivity index (χ3n) is 3.04. The van der Waals surface area contributed by atoms with Gasteiger partial charge < -0.3 is 14.9 Å². The summed E-state index contributed by atoms with van der Waals surface area (Å²) in [5.74, 6) is -1.86. The first-order valence-electron chi connectivity index (χ1n) is 6.99. The topological polar surface area (TPSA) is 83.8 Å². The first kappa shape index (κ1) is 17.9. The van der Waals surface area contributed by atoms with Gasteiger partial charge in [0.05, 0.1) is 0 Å². The molecule has 3 atom stereocenters. The summed E-state index contributed by atoms with van der Waals surface area (Å²) in [6.45, 7) is 5.35. The molecule has 5 heteroatoms. The Morgan fingerprint density at radius 1 is 1.16 bits per heavy atom. The number of aliphatic hydroxyl groups excluding tert-OH is 1. The zero-order valence-corrected chi connectivity index (χ0v) is 12.1. The van der Waals surface area contributed by atoms with Crippen LogP contribution in [0, 0.1) is 5.92 Å². The zero-order chi connectivity index (χ0) is 14.8. The van der Waals surface area contributed by atoms with E-state index in [9.17, 15) is 9.59 Å². The number of carbonyl (C=O) groups excluding carboxylic acids is 1. The molecule has 0 heterocycles. The number of hydrogen-bond acceptors (Lipinski definition) is 4. The minimum Gasteiger partial charge on any atom is -0.479 e. The molecule has 0 spiro atoms. The summed E-state index contributed by atoms with van der Waals surface area (Å²) in [7, 11) is 0. The lowest BCUT2D eigenvalue weighted by Crippen LogP contribution is -2.32. The van der Waals surface area contributed by atoms with E-state index in [-0.39, 0.29) is 5.92 Å². The van der Waals surface area contributed by atoms with Gasteiger partial charge in [-0.15, -0.1) is 0 Å². The van der Waals surface area contributed by atoms with Crippen LogP contribution in [0.4, 0.5) is 0 Å². The number of aliphatic hydroxyl groups is 1. The van der Waals surface area contributed by atoms with Crippen LogP contribution in [0.25, 0.3) is 0 Å². The quantitative estimate of drug-likeness (QED) is 0.472. The van der Waals surface area contributed by atoms with Crippen LogP contribution in [0.2, 0.25) is 0 Å². The average Bonchev–Trinajstić information content (AvgIpc) is 2.33. The van der Waals surface area contributed by atoms with Crippen molar-refractivity contribution in [2.45, 2.75) is 71.5 Å². The number of carboxylic acids is 1. The zero-order valence-electron chi connectivity index (χ0n) is 12.1. The molecular formula is C14H26O5. The van der Waals surface area contributed by atoms with Gasteiger partial charge in [-0.05, 0) is 19.3 Å². The first-order valence-corrected chi connectivity index (χ1v) is 6.99. The molecule has 0 aromatic rings. The Bertz CT molecular complexity index is 275. The van der Waals surface area contributed by atoms with Crippen LogP contribution < -0.4 is 0 Å². The Morgan fingerprint density at radius 3 is 2.26 bits per heavy atom. The predicted octanol–water partition coefficient (Wildman–Crippen LogP) is 2.36. The molecule has 0 radical (unpaired) electrons. The molecule has 0 aliphatic carbocycles. The molecule has 19 heavy (non-hydrogen) atoms. The Morgan fingerprint density at radius 2 is 1.79 bits per heavy atom. The largest absolute Gasteiger partial charge is 0.479 e. The number of carboxylic acid groups (broad SMARTS) is 1. The van der Waals surface area contributed by atoms with Crippen molar-refractivity contribution in [3.63, 3.8) is 0 Å². The summed E-state index contributed by atoms with van der Waals surface area (Å²) < 4.78 is 4.78. The Labute approximate surface area is 115 Å². The number of carbonyl (C=O) groups is 2. The Balaban J connectivity index is 4.12. The lowest BCUT2D eigenvalue weighted by molar-refractivity contribution is -0.170.